The highest BCUT2D eigenvalue weighted by Crippen LogP contribution is 2.32. The van der Waals surface area contributed by atoms with Crippen LogP contribution < -0.4 is 10.6 Å². The molecule has 0 bridgehead atoms. The summed E-state index contributed by atoms with van der Waals surface area (Å²) >= 11 is 0. The first-order chi connectivity index (χ1) is 16.7. The number of H-pyrrole nitrogens is 1. The first kappa shape index (κ1) is 20.6. The van der Waals surface area contributed by atoms with Crippen molar-refractivity contribution in [3.63, 3.8) is 0 Å². The number of fused-ring (bicyclic) bond motifs is 1. The Kier molecular flexibility index (Phi) is 5.12. The molecule has 0 saturated heterocycles. The number of rotatable bonds is 6. The third kappa shape index (κ3) is 3.95. The van der Waals surface area contributed by atoms with E-state index in [4.69, 9.17) is 0 Å². The minimum absolute atomic E-state index is 0.146. The Morgan fingerprint density at radius 3 is 2.62 bits per heavy atom. The summed E-state index contributed by atoms with van der Waals surface area (Å²) in [5.74, 6) is -0.502. The molecule has 3 N–H and O–H groups in total. The maximum absolute atomic E-state index is 13.3. The minimum Gasteiger partial charge on any atom is -0.349 e. The largest absolute Gasteiger partial charge is 0.349 e. The molecule has 10 nitrogen and oxygen atoms in total. The molecule has 10 heteroatoms. The molecule has 0 aliphatic heterocycles. The Balaban J connectivity index is 1.31. The van der Waals surface area contributed by atoms with Gasteiger partial charge in [0, 0.05) is 36.9 Å². The Bertz CT molecular complexity index is 1340. The summed E-state index contributed by atoms with van der Waals surface area (Å²) in [6.45, 7) is 0. The van der Waals surface area contributed by atoms with Crippen LogP contribution in [0.25, 0.3) is 17.0 Å². The summed E-state index contributed by atoms with van der Waals surface area (Å²) in [5, 5.41) is 17.1. The zero-order valence-electron chi connectivity index (χ0n) is 18.7. The topological polar surface area (TPSA) is 122 Å². The van der Waals surface area contributed by atoms with Gasteiger partial charge < -0.3 is 15.2 Å². The second-order valence-electron chi connectivity index (χ2n) is 9.14. The molecular weight excluding hydrogens is 432 g/mol. The second-order valence-corrected chi connectivity index (χ2v) is 9.14. The average molecular weight is 459 g/mol. The molecule has 0 spiro atoms. The van der Waals surface area contributed by atoms with E-state index in [1.807, 2.05) is 18.5 Å². The maximum atomic E-state index is 13.3. The van der Waals surface area contributed by atoms with Crippen LogP contribution in [0.15, 0.2) is 43.1 Å². The average Bonchev–Trinajstić information content (AvgIpc) is 3.25. The Hall–Kier alpha value is -3.95. The number of aromatic amines is 1. The predicted molar refractivity (Wildman–Crippen MR) is 126 cm³/mol. The van der Waals surface area contributed by atoms with Gasteiger partial charge in [-0.25, -0.2) is 9.50 Å². The quantitative estimate of drug-likeness (QED) is 0.408. The number of aromatic nitrogens is 6. The van der Waals surface area contributed by atoms with Gasteiger partial charge in [-0.3, -0.25) is 14.7 Å². The fourth-order valence-corrected chi connectivity index (χ4v) is 4.60. The summed E-state index contributed by atoms with van der Waals surface area (Å²) in [7, 11) is 0. The number of carbonyl (C=O) groups is 2. The number of nitrogens with one attached hydrogen (secondary N) is 3. The highest BCUT2D eigenvalue weighted by Gasteiger charge is 2.28. The Morgan fingerprint density at radius 1 is 1.00 bits per heavy atom. The van der Waals surface area contributed by atoms with Gasteiger partial charge in [-0.05, 0) is 37.8 Å². The summed E-state index contributed by atoms with van der Waals surface area (Å²) in [6, 6.07) is 4.20. The van der Waals surface area contributed by atoms with Crippen molar-refractivity contribution in [1.82, 2.24) is 34.7 Å². The lowest BCUT2D eigenvalue weighted by molar-refractivity contribution is 0.0951. The smallest absolute Gasteiger partial charge is 0.261 e. The lowest BCUT2D eigenvalue weighted by Crippen LogP contribution is -2.26. The third-order valence-corrected chi connectivity index (χ3v) is 6.64. The Morgan fingerprint density at radius 2 is 1.85 bits per heavy atom. The van der Waals surface area contributed by atoms with Crippen molar-refractivity contribution in [3.8, 4) is 11.4 Å². The zero-order chi connectivity index (χ0) is 23.1. The molecule has 4 aromatic rings. The molecule has 0 unspecified atom stereocenters. The SMILES string of the molecule is O=C(NC1CC1)c1cn(C2CCCCC2)cc1NC(=O)c1cnn2ccc(-c3ccn[nH]3)nc12. The molecule has 174 valence electrons. The molecule has 2 fully saturated rings. The molecule has 6 rings (SSSR count). The maximum Gasteiger partial charge on any atom is 0.261 e. The van der Waals surface area contributed by atoms with E-state index < -0.39 is 0 Å². The molecule has 0 aromatic carbocycles. The number of hydrogen-bond donors (Lipinski definition) is 3. The van der Waals surface area contributed by atoms with E-state index in [2.05, 4.69) is 35.5 Å². The van der Waals surface area contributed by atoms with Gasteiger partial charge in [-0.1, -0.05) is 19.3 Å². The predicted octanol–water partition coefficient (Wildman–Crippen LogP) is 3.57. The van der Waals surface area contributed by atoms with Gasteiger partial charge in [0.05, 0.1) is 28.8 Å². The van der Waals surface area contributed by atoms with E-state index in [1.54, 1.807) is 23.0 Å². The van der Waals surface area contributed by atoms with Crippen molar-refractivity contribution in [3.05, 3.63) is 54.2 Å². The zero-order valence-corrected chi connectivity index (χ0v) is 18.7. The van der Waals surface area contributed by atoms with Crippen LogP contribution in [-0.2, 0) is 0 Å². The molecule has 4 heterocycles. The fourth-order valence-electron chi connectivity index (χ4n) is 4.60. The second kappa shape index (κ2) is 8.44. The van der Waals surface area contributed by atoms with Gasteiger partial charge in [0.15, 0.2) is 5.65 Å². The van der Waals surface area contributed by atoms with E-state index in [-0.39, 0.29) is 17.9 Å². The number of nitrogens with zero attached hydrogens (tertiary/aromatic N) is 5. The molecule has 2 saturated carbocycles. The van der Waals surface area contributed by atoms with E-state index in [9.17, 15) is 9.59 Å². The van der Waals surface area contributed by atoms with Crippen molar-refractivity contribution in [1.29, 1.82) is 0 Å². The molecule has 4 aromatic heterocycles. The summed E-state index contributed by atoms with van der Waals surface area (Å²) < 4.78 is 3.66. The van der Waals surface area contributed by atoms with E-state index >= 15 is 0 Å². The molecule has 0 radical (unpaired) electrons. The van der Waals surface area contributed by atoms with Crippen LogP contribution >= 0.6 is 0 Å². The highest BCUT2D eigenvalue weighted by atomic mass is 16.2. The molecule has 2 aliphatic rings. The summed E-state index contributed by atoms with van der Waals surface area (Å²) in [6.07, 6.45) is 16.5. The van der Waals surface area contributed by atoms with E-state index in [0.29, 0.717) is 34.2 Å². The molecule has 2 amide bonds. The van der Waals surface area contributed by atoms with Crippen molar-refractivity contribution in [2.24, 2.45) is 0 Å². The third-order valence-electron chi connectivity index (χ3n) is 6.64. The number of anilines is 1. The number of amides is 2. The highest BCUT2D eigenvalue weighted by molar-refractivity contribution is 6.11. The van der Waals surface area contributed by atoms with Crippen LogP contribution in [0.1, 0.15) is 71.7 Å². The first-order valence-corrected chi connectivity index (χ1v) is 11.8. The van der Waals surface area contributed by atoms with Crippen LogP contribution in [0.2, 0.25) is 0 Å². The number of hydrogen-bond acceptors (Lipinski definition) is 5. The minimum atomic E-state index is -0.355. The van der Waals surface area contributed by atoms with Gasteiger partial charge in [0.2, 0.25) is 0 Å². The standard InChI is InChI=1S/C24H26N8O2/c33-23(17-12-26-32-11-9-19(28-22(17)32)20-8-10-25-30-20)29-21-14-31(16-4-2-1-3-5-16)13-18(21)24(34)27-15-6-7-15/h8-16H,1-7H2,(H,25,30)(H,27,34)(H,29,33). The van der Waals surface area contributed by atoms with Crippen LogP contribution in [0.5, 0.6) is 0 Å². The molecular formula is C24H26N8O2. The molecule has 0 atom stereocenters. The summed E-state index contributed by atoms with van der Waals surface area (Å²) in [5.41, 5.74) is 3.18. The Labute approximate surface area is 195 Å². The van der Waals surface area contributed by atoms with Crippen molar-refractivity contribution in [2.45, 2.75) is 57.0 Å². The van der Waals surface area contributed by atoms with Crippen molar-refractivity contribution >= 4 is 23.1 Å². The van der Waals surface area contributed by atoms with Crippen LogP contribution in [0, 0.1) is 0 Å². The van der Waals surface area contributed by atoms with Gasteiger partial charge in [0.25, 0.3) is 11.8 Å². The van der Waals surface area contributed by atoms with Crippen molar-refractivity contribution in [2.75, 3.05) is 5.32 Å². The van der Waals surface area contributed by atoms with Crippen LogP contribution in [0.4, 0.5) is 5.69 Å². The molecule has 2 aliphatic carbocycles. The lowest BCUT2D eigenvalue weighted by atomic mass is 9.95. The number of carbonyl (C=O) groups excluding carboxylic acids is 2. The van der Waals surface area contributed by atoms with Crippen molar-refractivity contribution < 1.29 is 9.59 Å². The normalized spacial score (nSPS) is 16.6. The first-order valence-electron chi connectivity index (χ1n) is 11.8. The van der Waals surface area contributed by atoms with E-state index in [0.717, 1.165) is 31.4 Å². The van der Waals surface area contributed by atoms with Gasteiger partial charge >= 0.3 is 0 Å². The van der Waals surface area contributed by atoms with E-state index in [1.165, 1.54) is 25.5 Å². The summed E-state index contributed by atoms with van der Waals surface area (Å²) in [4.78, 5) is 30.9. The van der Waals surface area contributed by atoms with Gasteiger partial charge in [0.1, 0.15) is 5.56 Å². The monoisotopic (exact) mass is 458 g/mol. The van der Waals surface area contributed by atoms with Gasteiger partial charge in [-0.2, -0.15) is 10.2 Å². The molecule has 34 heavy (non-hydrogen) atoms. The fraction of sp³-hybridized carbons (Fsp3) is 0.375. The van der Waals surface area contributed by atoms with Gasteiger partial charge in [-0.15, -0.1) is 0 Å². The van der Waals surface area contributed by atoms with Crippen LogP contribution in [-0.4, -0.2) is 47.2 Å². The van der Waals surface area contributed by atoms with Crippen LogP contribution in [0.3, 0.4) is 0 Å². The lowest BCUT2D eigenvalue weighted by Gasteiger charge is -2.23.